The van der Waals surface area contributed by atoms with Crippen molar-refractivity contribution >= 4 is 39.1 Å². The molecule has 8 aromatic rings. The summed E-state index contributed by atoms with van der Waals surface area (Å²) >= 11 is 0. The molecule has 0 spiro atoms. The van der Waals surface area contributed by atoms with Gasteiger partial charge in [0, 0.05) is 33.0 Å². The molecule has 0 amide bonds. The van der Waals surface area contributed by atoms with Crippen LogP contribution in [0.1, 0.15) is 54.5 Å². The summed E-state index contributed by atoms with van der Waals surface area (Å²) < 4.78 is 2.46. The molecule has 1 aliphatic heterocycles. The first kappa shape index (κ1) is 32.1. The number of amidine groups is 1. The summed E-state index contributed by atoms with van der Waals surface area (Å²) in [5, 5.41) is 2.53. The standard InChI is InChI=1S/C51H39N3/c1-51(2)44-25-14-12-23-39(44)41-32-43-40-24-13-15-28-48(40)54(49(43)33-45(41)51)37-29-30-38(34-17-6-3-7-18-34)42(31-37)47-27-16-26-46(35-19-8-4-9-20-35)52-50(53-47)36-21-10-5-11-22-36/h3-15,17-26,28-33H,16,27H2,1-2H3/b46-26-,52-50-,53-47+. The molecule has 258 valence electrons. The fourth-order valence-corrected chi connectivity index (χ4v) is 8.64. The van der Waals surface area contributed by atoms with Gasteiger partial charge in [-0.15, -0.1) is 0 Å². The Morgan fingerprint density at radius 2 is 1.15 bits per heavy atom. The quantitative estimate of drug-likeness (QED) is 0.172. The lowest BCUT2D eigenvalue weighted by molar-refractivity contribution is 0.661. The van der Waals surface area contributed by atoms with E-state index in [1.807, 2.05) is 12.1 Å². The Morgan fingerprint density at radius 3 is 1.93 bits per heavy atom. The molecule has 1 aliphatic carbocycles. The van der Waals surface area contributed by atoms with Gasteiger partial charge >= 0.3 is 0 Å². The molecule has 0 atom stereocenters. The highest BCUT2D eigenvalue weighted by molar-refractivity contribution is 6.17. The summed E-state index contributed by atoms with van der Waals surface area (Å²) in [6, 6.07) is 61.1. The molecule has 3 heteroatoms. The lowest BCUT2D eigenvalue weighted by Gasteiger charge is -2.22. The number of fused-ring (bicyclic) bond motifs is 6. The highest BCUT2D eigenvalue weighted by atomic mass is 15.0. The topological polar surface area (TPSA) is 29.6 Å². The molecule has 7 aromatic carbocycles. The number of aliphatic imine (C=N–C) groups is 2. The first-order chi connectivity index (χ1) is 26.5. The zero-order valence-corrected chi connectivity index (χ0v) is 30.5. The number of hydrogen-bond donors (Lipinski definition) is 0. The van der Waals surface area contributed by atoms with E-state index in [2.05, 4.69) is 182 Å². The van der Waals surface area contributed by atoms with Crippen molar-refractivity contribution in [2.75, 3.05) is 0 Å². The third kappa shape index (κ3) is 5.27. The van der Waals surface area contributed by atoms with Gasteiger partial charge in [0.15, 0.2) is 5.84 Å². The molecular formula is C51H39N3. The van der Waals surface area contributed by atoms with Crippen molar-refractivity contribution in [3.8, 4) is 27.9 Å². The Labute approximate surface area is 316 Å². The SMILES string of the molecule is CC1(C)c2ccccc2-c2cc3c4ccccc4n(-c4ccc(-c5ccccc5)c(/C5=N/C(c6ccccc6)=N\C(c6ccccc6)=C/CC5)c4)c3cc21. The van der Waals surface area contributed by atoms with Gasteiger partial charge < -0.3 is 4.57 Å². The zero-order valence-electron chi connectivity index (χ0n) is 30.5. The van der Waals surface area contributed by atoms with Gasteiger partial charge in [-0.25, -0.2) is 9.98 Å². The number of allylic oxidation sites excluding steroid dienone is 1. The number of hydrogen-bond acceptors (Lipinski definition) is 2. The van der Waals surface area contributed by atoms with Crippen LogP contribution in [0.2, 0.25) is 0 Å². The number of aromatic nitrogens is 1. The molecule has 0 saturated heterocycles. The lowest BCUT2D eigenvalue weighted by Crippen LogP contribution is -2.15. The van der Waals surface area contributed by atoms with E-state index in [0.717, 1.165) is 58.0 Å². The monoisotopic (exact) mass is 693 g/mol. The molecule has 0 radical (unpaired) electrons. The van der Waals surface area contributed by atoms with Crippen molar-refractivity contribution in [1.29, 1.82) is 0 Å². The predicted octanol–water partition coefficient (Wildman–Crippen LogP) is 12.8. The fraction of sp³-hybridized carbons (Fsp3) is 0.0980. The van der Waals surface area contributed by atoms with E-state index in [1.165, 1.54) is 49.6 Å². The van der Waals surface area contributed by atoms with Crippen molar-refractivity contribution in [2.24, 2.45) is 9.98 Å². The van der Waals surface area contributed by atoms with E-state index >= 15 is 0 Å². The highest BCUT2D eigenvalue weighted by Crippen LogP contribution is 2.51. The number of para-hydroxylation sites is 1. The van der Waals surface area contributed by atoms with Crippen LogP contribution in [0.15, 0.2) is 186 Å². The van der Waals surface area contributed by atoms with Crippen LogP contribution in [0, 0.1) is 0 Å². The second kappa shape index (κ2) is 12.8. The smallest absolute Gasteiger partial charge is 0.160 e. The van der Waals surface area contributed by atoms with Crippen molar-refractivity contribution in [3.05, 3.63) is 204 Å². The number of rotatable bonds is 5. The van der Waals surface area contributed by atoms with Crippen molar-refractivity contribution in [2.45, 2.75) is 32.1 Å². The summed E-state index contributed by atoms with van der Waals surface area (Å²) in [4.78, 5) is 10.7. The van der Waals surface area contributed by atoms with Crippen molar-refractivity contribution < 1.29 is 0 Å². The first-order valence-electron chi connectivity index (χ1n) is 18.9. The van der Waals surface area contributed by atoms with Gasteiger partial charge in [0.05, 0.1) is 22.4 Å². The van der Waals surface area contributed by atoms with Gasteiger partial charge in [0.25, 0.3) is 0 Å². The van der Waals surface area contributed by atoms with E-state index < -0.39 is 0 Å². The van der Waals surface area contributed by atoms with Crippen LogP contribution < -0.4 is 0 Å². The minimum atomic E-state index is -0.101. The molecule has 0 fully saturated rings. The Hall–Kier alpha value is -6.58. The maximum absolute atomic E-state index is 5.49. The maximum Gasteiger partial charge on any atom is 0.160 e. The molecule has 0 unspecified atom stereocenters. The molecule has 2 aliphatic rings. The fourth-order valence-electron chi connectivity index (χ4n) is 8.64. The number of nitrogens with zero attached hydrogens (tertiary/aromatic N) is 3. The Morgan fingerprint density at radius 1 is 0.481 bits per heavy atom. The minimum absolute atomic E-state index is 0.101. The van der Waals surface area contributed by atoms with Crippen LogP contribution in [0.4, 0.5) is 0 Å². The molecule has 0 N–H and O–H groups in total. The van der Waals surface area contributed by atoms with Gasteiger partial charge in [-0.05, 0) is 82.1 Å². The van der Waals surface area contributed by atoms with Gasteiger partial charge in [0.1, 0.15) is 0 Å². The molecule has 2 heterocycles. The first-order valence-corrected chi connectivity index (χ1v) is 18.9. The van der Waals surface area contributed by atoms with Crippen LogP contribution in [0.5, 0.6) is 0 Å². The highest BCUT2D eigenvalue weighted by Gasteiger charge is 2.36. The largest absolute Gasteiger partial charge is 0.309 e. The molecule has 10 rings (SSSR count). The molecule has 1 aromatic heterocycles. The van der Waals surface area contributed by atoms with E-state index in [4.69, 9.17) is 9.98 Å². The van der Waals surface area contributed by atoms with E-state index in [0.29, 0.717) is 0 Å². The molecule has 0 bridgehead atoms. The van der Waals surface area contributed by atoms with Crippen molar-refractivity contribution in [3.63, 3.8) is 0 Å². The lowest BCUT2D eigenvalue weighted by atomic mass is 9.82. The zero-order chi connectivity index (χ0) is 36.2. The van der Waals surface area contributed by atoms with Gasteiger partial charge in [-0.3, -0.25) is 0 Å². The van der Waals surface area contributed by atoms with Crippen LogP contribution >= 0.6 is 0 Å². The average molecular weight is 694 g/mol. The number of benzene rings is 7. The van der Waals surface area contributed by atoms with Crippen molar-refractivity contribution in [1.82, 2.24) is 4.57 Å². The van der Waals surface area contributed by atoms with Gasteiger partial charge in [-0.1, -0.05) is 159 Å². The van der Waals surface area contributed by atoms with E-state index in [9.17, 15) is 0 Å². The Bertz CT molecular complexity index is 2820. The molecule has 0 saturated carbocycles. The van der Waals surface area contributed by atoms with Gasteiger partial charge in [0.2, 0.25) is 0 Å². The summed E-state index contributed by atoms with van der Waals surface area (Å²) in [6.07, 6.45) is 3.87. The molecular weight excluding hydrogens is 655 g/mol. The van der Waals surface area contributed by atoms with E-state index in [-0.39, 0.29) is 5.41 Å². The minimum Gasteiger partial charge on any atom is -0.309 e. The van der Waals surface area contributed by atoms with Crippen LogP contribution in [0.3, 0.4) is 0 Å². The van der Waals surface area contributed by atoms with E-state index in [1.54, 1.807) is 0 Å². The summed E-state index contributed by atoms with van der Waals surface area (Å²) in [7, 11) is 0. The normalized spacial score (nSPS) is 17.7. The predicted molar refractivity (Wildman–Crippen MR) is 227 cm³/mol. The van der Waals surface area contributed by atoms with Crippen LogP contribution in [0.25, 0.3) is 55.4 Å². The molecule has 54 heavy (non-hydrogen) atoms. The third-order valence-electron chi connectivity index (χ3n) is 11.3. The summed E-state index contributed by atoms with van der Waals surface area (Å²) in [5.41, 5.74) is 16.4. The third-order valence-corrected chi connectivity index (χ3v) is 11.3. The summed E-state index contributed by atoms with van der Waals surface area (Å²) in [6.45, 7) is 4.72. The summed E-state index contributed by atoms with van der Waals surface area (Å²) in [5.74, 6) is 0.721. The molecule has 3 nitrogen and oxygen atoms in total. The second-order valence-corrected chi connectivity index (χ2v) is 14.9. The average Bonchev–Trinajstić information content (AvgIpc) is 3.66. The maximum atomic E-state index is 5.49. The Kier molecular flexibility index (Phi) is 7.62. The van der Waals surface area contributed by atoms with Crippen LogP contribution in [-0.2, 0) is 5.41 Å². The van der Waals surface area contributed by atoms with Gasteiger partial charge in [-0.2, -0.15) is 0 Å². The second-order valence-electron chi connectivity index (χ2n) is 14.9. The van der Waals surface area contributed by atoms with Crippen LogP contribution in [-0.4, -0.2) is 16.1 Å². The Balaban J connectivity index is 1.21.